The summed E-state index contributed by atoms with van der Waals surface area (Å²) in [4.78, 5) is 0. The standard InChI is InChI=1S/C9H15/c1-3-5-7-9-8-6-4-2/h5,8-9H,3-4,6H2,1-2H3. The minimum atomic E-state index is 1.08. The van der Waals surface area contributed by atoms with E-state index < -0.39 is 0 Å². The van der Waals surface area contributed by atoms with Crippen molar-refractivity contribution < 1.29 is 0 Å². The summed E-state index contributed by atoms with van der Waals surface area (Å²) in [7, 11) is 0. The molecule has 0 aliphatic heterocycles. The molecule has 0 aromatic carbocycles. The molecule has 0 atom stereocenters. The van der Waals surface area contributed by atoms with Gasteiger partial charge in [0.2, 0.25) is 0 Å². The zero-order valence-electron chi connectivity index (χ0n) is 6.35. The van der Waals surface area contributed by atoms with Crippen molar-refractivity contribution in [1.82, 2.24) is 0 Å². The molecule has 0 bridgehead atoms. The molecule has 0 amide bonds. The predicted molar refractivity (Wildman–Crippen MR) is 42.2 cm³/mol. The maximum atomic E-state index is 3.06. The summed E-state index contributed by atoms with van der Waals surface area (Å²) in [6, 6.07) is 0. The molecule has 0 saturated heterocycles. The van der Waals surface area contributed by atoms with Gasteiger partial charge in [-0.3, -0.25) is 0 Å². The minimum Gasteiger partial charge on any atom is -0.0839 e. The van der Waals surface area contributed by atoms with Crippen LogP contribution in [0.1, 0.15) is 33.1 Å². The lowest BCUT2D eigenvalue weighted by atomic mass is 10.3. The summed E-state index contributed by atoms with van der Waals surface area (Å²) in [5.41, 5.74) is 0. The van der Waals surface area contributed by atoms with Crippen molar-refractivity contribution in [2.45, 2.75) is 33.1 Å². The van der Waals surface area contributed by atoms with E-state index in [1.807, 2.05) is 12.2 Å². The normalized spacial score (nSPS) is 11.8. The van der Waals surface area contributed by atoms with E-state index in [1.54, 1.807) is 0 Å². The van der Waals surface area contributed by atoms with E-state index in [0.29, 0.717) is 0 Å². The van der Waals surface area contributed by atoms with Crippen LogP contribution in [0, 0.1) is 6.08 Å². The maximum Gasteiger partial charge on any atom is -0.0231 e. The third-order valence-electron chi connectivity index (χ3n) is 0.991. The van der Waals surface area contributed by atoms with Crippen LogP contribution in [0.2, 0.25) is 0 Å². The summed E-state index contributed by atoms with van der Waals surface area (Å²) < 4.78 is 0. The van der Waals surface area contributed by atoms with Gasteiger partial charge in [-0.1, -0.05) is 38.5 Å². The highest BCUT2D eigenvalue weighted by Crippen LogP contribution is 1.88. The number of hydrogen-bond donors (Lipinski definition) is 0. The summed E-state index contributed by atoms with van der Waals surface area (Å²) in [6.45, 7) is 4.29. The van der Waals surface area contributed by atoms with Gasteiger partial charge in [0.25, 0.3) is 0 Å². The van der Waals surface area contributed by atoms with Crippen LogP contribution in [0.15, 0.2) is 18.2 Å². The molecule has 9 heavy (non-hydrogen) atoms. The zero-order valence-corrected chi connectivity index (χ0v) is 6.35. The molecule has 0 nitrogen and oxygen atoms in total. The smallest absolute Gasteiger partial charge is 0.0231 e. The largest absolute Gasteiger partial charge is 0.0839 e. The molecule has 1 radical (unpaired) electrons. The van der Waals surface area contributed by atoms with Crippen LogP contribution < -0.4 is 0 Å². The molecule has 51 valence electrons. The first-order valence-corrected chi connectivity index (χ1v) is 3.64. The highest BCUT2D eigenvalue weighted by atomic mass is 13.7. The van der Waals surface area contributed by atoms with Gasteiger partial charge in [-0.25, -0.2) is 0 Å². The predicted octanol–water partition coefficient (Wildman–Crippen LogP) is 3.11. The van der Waals surface area contributed by atoms with Crippen molar-refractivity contribution in [3.63, 3.8) is 0 Å². The van der Waals surface area contributed by atoms with E-state index in [9.17, 15) is 0 Å². The lowest BCUT2D eigenvalue weighted by Gasteiger charge is -1.79. The molecular formula is C9H15. The van der Waals surface area contributed by atoms with E-state index in [0.717, 1.165) is 6.42 Å². The molecule has 0 aromatic heterocycles. The second-order valence-corrected chi connectivity index (χ2v) is 1.97. The van der Waals surface area contributed by atoms with E-state index in [1.165, 1.54) is 12.8 Å². The van der Waals surface area contributed by atoms with Gasteiger partial charge in [-0.05, 0) is 18.9 Å². The fourth-order valence-electron chi connectivity index (χ4n) is 0.504. The first-order valence-electron chi connectivity index (χ1n) is 3.64. The maximum absolute atomic E-state index is 3.06. The minimum absolute atomic E-state index is 1.08. The molecule has 0 aromatic rings. The summed E-state index contributed by atoms with van der Waals surface area (Å²) in [5.74, 6) is 0. The Morgan fingerprint density at radius 1 is 1.33 bits per heavy atom. The molecule has 0 aliphatic carbocycles. The fraction of sp³-hybridized carbons (Fsp3) is 0.556. The Morgan fingerprint density at radius 2 is 2.11 bits per heavy atom. The van der Waals surface area contributed by atoms with Crippen molar-refractivity contribution in [1.29, 1.82) is 0 Å². The Kier molecular flexibility index (Phi) is 7.05. The van der Waals surface area contributed by atoms with Gasteiger partial charge < -0.3 is 0 Å². The van der Waals surface area contributed by atoms with Crippen molar-refractivity contribution in [2.75, 3.05) is 0 Å². The van der Waals surface area contributed by atoms with E-state index in [4.69, 9.17) is 0 Å². The summed E-state index contributed by atoms with van der Waals surface area (Å²) in [5, 5.41) is 0. The Labute approximate surface area is 58.3 Å². The van der Waals surface area contributed by atoms with E-state index in [-0.39, 0.29) is 0 Å². The van der Waals surface area contributed by atoms with Gasteiger partial charge in [-0.2, -0.15) is 0 Å². The Hall–Kier alpha value is -0.520. The summed E-state index contributed by atoms with van der Waals surface area (Å²) in [6.07, 6.45) is 12.7. The second kappa shape index (κ2) is 7.48. The monoisotopic (exact) mass is 123 g/mol. The molecule has 0 fully saturated rings. The average molecular weight is 123 g/mol. The van der Waals surface area contributed by atoms with Crippen molar-refractivity contribution in [3.8, 4) is 0 Å². The van der Waals surface area contributed by atoms with Gasteiger partial charge in [0.05, 0.1) is 0 Å². The molecule has 0 rings (SSSR count). The van der Waals surface area contributed by atoms with Gasteiger partial charge >= 0.3 is 0 Å². The summed E-state index contributed by atoms with van der Waals surface area (Å²) >= 11 is 0. The van der Waals surface area contributed by atoms with Crippen LogP contribution in [0.4, 0.5) is 0 Å². The van der Waals surface area contributed by atoms with Gasteiger partial charge in [0.15, 0.2) is 0 Å². The lowest BCUT2D eigenvalue weighted by Crippen LogP contribution is -1.59. The average Bonchev–Trinajstić information content (AvgIpc) is 1.89. The van der Waals surface area contributed by atoms with Crippen molar-refractivity contribution in [2.24, 2.45) is 0 Å². The van der Waals surface area contributed by atoms with Gasteiger partial charge in [0, 0.05) is 0 Å². The molecule has 0 heterocycles. The van der Waals surface area contributed by atoms with Crippen LogP contribution >= 0.6 is 0 Å². The first kappa shape index (κ1) is 8.48. The highest BCUT2D eigenvalue weighted by molar-refractivity contribution is 4.94. The van der Waals surface area contributed by atoms with Crippen LogP contribution in [-0.4, -0.2) is 0 Å². The SMILES string of the molecule is CC/C=[C]/C=CCCC. The van der Waals surface area contributed by atoms with Crippen molar-refractivity contribution >= 4 is 0 Å². The van der Waals surface area contributed by atoms with E-state index >= 15 is 0 Å². The van der Waals surface area contributed by atoms with Crippen LogP contribution in [-0.2, 0) is 0 Å². The number of allylic oxidation sites excluding steroid dienone is 4. The third-order valence-corrected chi connectivity index (χ3v) is 0.991. The molecule has 0 N–H and O–H groups in total. The molecule has 0 spiro atoms. The second-order valence-electron chi connectivity index (χ2n) is 1.97. The number of unbranched alkanes of at least 4 members (excludes halogenated alkanes) is 1. The number of rotatable bonds is 4. The Balaban J connectivity index is 3.13. The first-order chi connectivity index (χ1) is 4.41. The van der Waals surface area contributed by atoms with Gasteiger partial charge in [0.1, 0.15) is 0 Å². The van der Waals surface area contributed by atoms with Gasteiger partial charge in [-0.15, -0.1) is 0 Å². The quantitative estimate of drug-likeness (QED) is 0.504. The third kappa shape index (κ3) is 7.48. The number of hydrogen-bond acceptors (Lipinski definition) is 0. The zero-order chi connectivity index (χ0) is 6.95. The van der Waals surface area contributed by atoms with Crippen molar-refractivity contribution in [3.05, 3.63) is 24.3 Å². The van der Waals surface area contributed by atoms with Crippen LogP contribution in [0.5, 0.6) is 0 Å². The topological polar surface area (TPSA) is 0 Å². The molecule has 0 heteroatoms. The molecular weight excluding hydrogens is 108 g/mol. The fourth-order valence-corrected chi connectivity index (χ4v) is 0.504. The van der Waals surface area contributed by atoms with Crippen LogP contribution in [0.3, 0.4) is 0 Å². The Bertz CT molecular complexity index is 88.2. The highest BCUT2D eigenvalue weighted by Gasteiger charge is 1.68. The Morgan fingerprint density at radius 3 is 2.67 bits per heavy atom. The molecule has 0 aliphatic rings. The van der Waals surface area contributed by atoms with Crippen LogP contribution in [0.25, 0.3) is 0 Å². The molecule has 0 saturated carbocycles. The lowest BCUT2D eigenvalue weighted by molar-refractivity contribution is 0.958. The van der Waals surface area contributed by atoms with E-state index in [2.05, 4.69) is 26.0 Å². The molecule has 0 unspecified atom stereocenters.